The molecule has 0 spiro atoms. The molecule has 0 saturated carbocycles. The van der Waals surface area contributed by atoms with Crippen LogP contribution < -0.4 is 5.32 Å². The maximum atomic E-state index is 12.2. The summed E-state index contributed by atoms with van der Waals surface area (Å²) in [4.78, 5) is 30.5. The number of likely N-dealkylation sites (tertiary alicyclic amines) is 1. The van der Waals surface area contributed by atoms with Gasteiger partial charge in [-0.3, -0.25) is 9.59 Å². The van der Waals surface area contributed by atoms with Crippen molar-refractivity contribution in [3.05, 3.63) is 22.2 Å². The van der Waals surface area contributed by atoms with Gasteiger partial charge < -0.3 is 10.2 Å². The molecular weight excluding hydrogens is 322 g/mol. The van der Waals surface area contributed by atoms with Crippen molar-refractivity contribution in [1.29, 1.82) is 0 Å². The van der Waals surface area contributed by atoms with Gasteiger partial charge in [0.2, 0.25) is 11.8 Å². The molecule has 2 heterocycles. The molecule has 6 heteroatoms. The molecule has 1 aliphatic heterocycles. The highest BCUT2D eigenvalue weighted by atomic mass is 32.1. The van der Waals surface area contributed by atoms with E-state index in [1.807, 2.05) is 17.2 Å². The Balaban J connectivity index is 1.72. The summed E-state index contributed by atoms with van der Waals surface area (Å²) in [6.07, 6.45) is 8.19. The van der Waals surface area contributed by atoms with Crippen LogP contribution in [0.3, 0.4) is 0 Å². The fourth-order valence-corrected chi connectivity index (χ4v) is 3.39. The zero-order valence-corrected chi connectivity index (χ0v) is 15.4. The number of piperidine rings is 1. The van der Waals surface area contributed by atoms with E-state index in [2.05, 4.69) is 17.2 Å². The predicted molar refractivity (Wildman–Crippen MR) is 97.7 cm³/mol. The highest BCUT2D eigenvalue weighted by Crippen LogP contribution is 2.18. The third-order valence-electron chi connectivity index (χ3n) is 4.29. The van der Waals surface area contributed by atoms with Crippen LogP contribution in [0.1, 0.15) is 49.7 Å². The van der Waals surface area contributed by atoms with Crippen LogP contribution >= 0.6 is 11.3 Å². The van der Waals surface area contributed by atoms with E-state index in [1.165, 1.54) is 0 Å². The van der Waals surface area contributed by atoms with Gasteiger partial charge in [0.25, 0.3) is 0 Å². The number of rotatable bonds is 7. The lowest BCUT2D eigenvalue weighted by Gasteiger charge is -2.30. The van der Waals surface area contributed by atoms with Gasteiger partial charge in [0.1, 0.15) is 0 Å². The van der Waals surface area contributed by atoms with E-state index >= 15 is 0 Å². The Morgan fingerprint density at radius 1 is 1.38 bits per heavy atom. The minimum Gasteiger partial charge on any atom is -0.356 e. The molecule has 1 N–H and O–H groups in total. The SMILES string of the molecule is CCCCCNC(=O)C1CCN(C(=O)/C=C/c2csc(C)n2)CC1. The molecule has 132 valence electrons. The predicted octanol–water partition coefficient (Wildman–Crippen LogP) is 3.01. The molecule has 1 aromatic heterocycles. The number of nitrogens with zero attached hydrogens (tertiary/aromatic N) is 2. The number of thiazole rings is 1. The van der Waals surface area contributed by atoms with Crippen molar-refractivity contribution in [1.82, 2.24) is 15.2 Å². The molecule has 0 atom stereocenters. The Morgan fingerprint density at radius 3 is 2.75 bits per heavy atom. The average Bonchev–Trinajstić information content (AvgIpc) is 3.02. The Hall–Kier alpha value is -1.69. The topological polar surface area (TPSA) is 62.3 Å². The highest BCUT2D eigenvalue weighted by molar-refractivity contribution is 7.09. The van der Waals surface area contributed by atoms with Gasteiger partial charge in [0.15, 0.2) is 0 Å². The Labute approximate surface area is 148 Å². The molecule has 1 aliphatic rings. The van der Waals surface area contributed by atoms with Crippen LogP contribution in [0.5, 0.6) is 0 Å². The molecule has 2 amide bonds. The number of hydrogen-bond acceptors (Lipinski definition) is 4. The van der Waals surface area contributed by atoms with Crippen LogP contribution in [0.25, 0.3) is 6.08 Å². The lowest BCUT2D eigenvalue weighted by Crippen LogP contribution is -2.42. The van der Waals surface area contributed by atoms with E-state index < -0.39 is 0 Å². The molecule has 1 saturated heterocycles. The largest absolute Gasteiger partial charge is 0.356 e. The molecule has 0 aliphatic carbocycles. The average molecular weight is 350 g/mol. The number of carbonyl (C=O) groups is 2. The molecule has 1 aromatic rings. The first-order valence-corrected chi connectivity index (χ1v) is 9.65. The Bertz CT molecular complexity index is 575. The monoisotopic (exact) mass is 349 g/mol. The number of hydrogen-bond donors (Lipinski definition) is 1. The van der Waals surface area contributed by atoms with E-state index in [1.54, 1.807) is 23.5 Å². The van der Waals surface area contributed by atoms with Crippen LogP contribution in [0, 0.1) is 12.8 Å². The van der Waals surface area contributed by atoms with Crippen molar-refractivity contribution in [2.45, 2.75) is 46.0 Å². The van der Waals surface area contributed by atoms with Crippen molar-refractivity contribution in [3.8, 4) is 0 Å². The summed E-state index contributed by atoms with van der Waals surface area (Å²) >= 11 is 1.57. The Morgan fingerprint density at radius 2 is 2.12 bits per heavy atom. The molecule has 1 fully saturated rings. The van der Waals surface area contributed by atoms with Gasteiger partial charge in [-0.2, -0.15) is 0 Å². The van der Waals surface area contributed by atoms with Gasteiger partial charge in [0.05, 0.1) is 10.7 Å². The van der Waals surface area contributed by atoms with Gasteiger partial charge in [-0.15, -0.1) is 11.3 Å². The smallest absolute Gasteiger partial charge is 0.246 e. The van der Waals surface area contributed by atoms with Gasteiger partial charge in [-0.1, -0.05) is 19.8 Å². The van der Waals surface area contributed by atoms with E-state index in [0.29, 0.717) is 13.1 Å². The lowest BCUT2D eigenvalue weighted by atomic mass is 9.95. The summed E-state index contributed by atoms with van der Waals surface area (Å²) in [5.41, 5.74) is 0.826. The van der Waals surface area contributed by atoms with E-state index in [-0.39, 0.29) is 17.7 Å². The van der Waals surface area contributed by atoms with Crippen molar-refractivity contribution in [2.24, 2.45) is 5.92 Å². The lowest BCUT2D eigenvalue weighted by molar-refractivity contribution is -0.132. The number of aryl methyl sites for hydroxylation is 1. The molecule has 2 rings (SSSR count). The van der Waals surface area contributed by atoms with Crippen molar-refractivity contribution >= 4 is 29.2 Å². The van der Waals surface area contributed by atoms with Gasteiger partial charge >= 0.3 is 0 Å². The minimum absolute atomic E-state index is 0.00228. The number of carbonyl (C=O) groups excluding carboxylic acids is 2. The van der Waals surface area contributed by atoms with Crippen molar-refractivity contribution in [2.75, 3.05) is 19.6 Å². The maximum absolute atomic E-state index is 12.2. The summed E-state index contributed by atoms with van der Waals surface area (Å²) in [6, 6.07) is 0. The van der Waals surface area contributed by atoms with Crippen molar-refractivity contribution < 1.29 is 9.59 Å². The number of aromatic nitrogens is 1. The fourth-order valence-electron chi connectivity index (χ4n) is 2.81. The maximum Gasteiger partial charge on any atom is 0.246 e. The van der Waals surface area contributed by atoms with Crippen LogP contribution in [-0.2, 0) is 9.59 Å². The van der Waals surface area contributed by atoms with E-state index in [0.717, 1.165) is 49.4 Å². The normalized spacial score (nSPS) is 15.8. The summed E-state index contributed by atoms with van der Waals surface area (Å²) in [6.45, 7) is 6.15. The molecule has 0 radical (unpaired) electrons. The standard InChI is InChI=1S/C18H27N3O2S/c1-3-4-5-10-19-18(23)15-8-11-21(12-9-15)17(22)7-6-16-13-24-14(2)20-16/h6-7,13,15H,3-5,8-12H2,1-2H3,(H,19,23)/b7-6+. The quantitative estimate of drug-likeness (QED) is 0.608. The first-order chi connectivity index (χ1) is 11.6. The highest BCUT2D eigenvalue weighted by Gasteiger charge is 2.26. The fraction of sp³-hybridized carbons (Fsp3) is 0.611. The molecule has 0 aromatic carbocycles. The summed E-state index contributed by atoms with van der Waals surface area (Å²) < 4.78 is 0. The third-order valence-corrected chi connectivity index (χ3v) is 5.08. The molecule has 24 heavy (non-hydrogen) atoms. The number of unbranched alkanes of at least 4 members (excludes halogenated alkanes) is 2. The summed E-state index contributed by atoms with van der Waals surface area (Å²) in [7, 11) is 0. The number of nitrogens with one attached hydrogen (secondary N) is 1. The first-order valence-electron chi connectivity index (χ1n) is 8.77. The van der Waals surface area contributed by atoms with E-state index in [9.17, 15) is 9.59 Å². The van der Waals surface area contributed by atoms with Crippen molar-refractivity contribution in [3.63, 3.8) is 0 Å². The zero-order chi connectivity index (χ0) is 17.4. The first kappa shape index (κ1) is 18.6. The zero-order valence-electron chi connectivity index (χ0n) is 14.6. The summed E-state index contributed by atoms with van der Waals surface area (Å²) in [5.74, 6) is 0.190. The molecule has 5 nitrogen and oxygen atoms in total. The summed E-state index contributed by atoms with van der Waals surface area (Å²) in [5, 5.41) is 5.95. The van der Waals surface area contributed by atoms with Gasteiger partial charge in [-0.25, -0.2) is 4.98 Å². The third kappa shape index (κ3) is 5.74. The van der Waals surface area contributed by atoms with Crippen LogP contribution in [0.2, 0.25) is 0 Å². The van der Waals surface area contributed by atoms with Gasteiger partial charge in [0, 0.05) is 37.0 Å². The van der Waals surface area contributed by atoms with Gasteiger partial charge in [-0.05, 0) is 32.3 Å². The van der Waals surface area contributed by atoms with Crippen LogP contribution in [0.4, 0.5) is 0 Å². The second kappa shape index (κ2) is 9.57. The van der Waals surface area contributed by atoms with E-state index in [4.69, 9.17) is 0 Å². The Kier molecular flexibility index (Phi) is 7.43. The number of amides is 2. The molecule has 0 bridgehead atoms. The second-order valence-corrected chi connectivity index (χ2v) is 7.28. The minimum atomic E-state index is 0.00228. The van der Waals surface area contributed by atoms with Crippen LogP contribution in [0.15, 0.2) is 11.5 Å². The van der Waals surface area contributed by atoms with Crippen LogP contribution in [-0.4, -0.2) is 41.3 Å². The second-order valence-electron chi connectivity index (χ2n) is 6.22. The molecular formula is C18H27N3O2S. The molecule has 0 unspecified atom stereocenters.